The zero-order valence-electron chi connectivity index (χ0n) is 11.8. The molecule has 1 aromatic rings. The van der Waals surface area contributed by atoms with Crippen molar-refractivity contribution in [1.29, 1.82) is 0 Å². The summed E-state index contributed by atoms with van der Waals surface area (Å²) in [5, 5.41) is 0. The molecule has 2 unspecified atom stereocenters. The third kappa shape index (κ3) is 3.41. The van der Waals surface area contributed by atoms with Crippen LogP contribution in [0.4, 0.5) is 0 Å². The summed E-state index contributed by atoms with van der Waals surface area (Å²) in [7, 11) is 0. The van der Waals surface area contributed by atoms with Gasteiger partial charge in [0.1, 0.15) is 0 Å². The van der Waals surface area contributed by atoms with Crippen molar-refractivity contribution in [3.05, 3.63) is 32.7 Å². The summed E-state index contributed by atoms with van der Waals surface area (Å²) < 4.78 is 2.18. The molecule has 2 rings (SSSR count). The normalized spacial score (nSPS) is 25.6. The van der Waals surface area contributed by atoms with Gasteiger partial charge >= 0.3 is 0 Å². The van der Waals surface area contributed by atoms with E-state index in [1.54, 1.807) is 0 Å². The third-order valence-corrected chi connectivity index (χ3v) is 5.70. The minimum absolute atomic E-state index is 0.141. The first-order valence-corrected chi connectivity index (χ1v) is 8.36. The van der Waals surface area contributed by atoms with Gasteiger partial charge in [-0.05, 0) is 89.7 Å². The molecule has 1 aliphatic rings. The number of hydrogen-bond acceptors (Lipinski definition) is 2. The van der Waals surface area contributed by atoms with Crippen LogP contribution in [0.25, 0.3) is 0 Å². The topological polar surface area (TPSA) is 29.3 Å². The van der Waals surface area contributed by atoms with Gasteiger partial charge in [0, 0.05) is 20.5 Å². The fraction of sp³-hybridized carbons (Fsp3) is 0.600. The summed E-state index contributed by atoms with van der Waals surface area (Å²) in [6, 6.07) is 6.99. The highest BCUT2D eigenvalue weighted by Gasteiger charge is 2.36. The number of piperidine rings is 1. The minimum atomic E-state index is 0.141. The lowest BCUT2D eigenvalue weighted by atomic mass is 9.87. The Morgan fingerprint density at radius 2 is 1.89 bits per heavy atom. The predicted molar refractivity (Wildman–Crippen MR) is 88.3 cm³/mol. The van der Waals surface area contributed by atoms with Crippen LogP contribution in [0.1, 0.15) is 45.2 Å². The van der Waals surface area contributed by atoms with Crippen molar-refractivity contribution >= 4 is 31.9 Å². The molecule has 1 aliphatic heterocycles. The van der Waals surface area contributed by atoms with Crippen LogP contribution in [0.5, 0.6) is 0 Å². The molecule has 19 heavy (non-hydrogen) atoms. The smallest absolute Gasteiger partial charge is 0.0504 e. The van der Waals surface area contributed by atoms with Crippen LogP contribution in [0.15, 0.2) is 27.1 Å². The van der Waals surface area contributed by atoms with E-state index in [9.17, 15) is 0 Å². The maximum Gasteiger partial charge on any atom is 0.0504 e. The van der Waals surface area contributed by atoms with E-state index in [2.05, 4.69) is 75.7 Å². The first kappa shape index (κ1) is 15.5. The van der Waals surface area contributed by atoms with Crippen molar-refractivity contribution in [3.63, 3.8) is 0 Å². The van der Waals surface area contributed by atoms with E-state index in [1.807, 2.05) is 0 Å². The summed E-state index contributed by atoms with van der Waals surface area (Å²) >= 11 is 7.13. The maximum atomic E-state index is 6.42. The van der Waals surface area contributed by atoms with E-state index in [0.717, 1.165) is 21.9 Å². The van der Waals surface area contributed by atoms with Gasteiger partial charge in [-0.25, -0.2) is 0 Å². The van der Waals surface area contributed by atoms with Crippen LogP contribution < -0.4 is 5.73 Å². The quantitative estimate of drug-likeness (QED) is 0.767. The number of nitrogens with zero attached hydrogens (tertiary/aromatic N) is 1. The Balaban J connectivity index is 2.39. The first-order valence-electron chi connectivity index (χ1n) is 6.78. The van der Waals surface area contributed by atoms with Gasteiger partial charge in [-0.1, -0.05) is 6.07 Å². The Morgan fingerprint density at radius 1 is 1.21 bits per heavy atom. The van der Waals surface area contributed by atoms with Crippen LogP contribution in [-0.4, -0.2) is 23.0 Å². The second-order valence-electron chi connectivity index (χ2n) is 6.29. The van der Waals surface area contributed by atoms with Gasteiger partial charge in [-0.15, -0.1) is 0 Å². The van der Waals surface area contributed by atoms with Gasteiger partial charge in [0.05, 0.1) is 6.04 Å². The number of nitrogens with two attached hydrogens (primary N) is 1. The lowest BCUT2D eigenvalue weighted by Crippen LogP contribution is -2.53. The van der Waals surface area contributed by atoms with Crippen molar-refractivity contribution in [2.45, 2.75) is 51.2 Å². The third-order valence-electron chi connectivity index (χ3n) is 3.82. The lowest BCUT2D eigenvalue weighted by Gasteiger charge is -2.47. The van der Waals surface area contributed by atoms with E-state index >= 15 is 0 Å². The van der Waals surface area contributed by atoms with Crippen LogP contribution in [0.3, 0.4) is 0 Å². The summed E-state index contributed by atoms with van der Waals surface area (Å²) in [4.78, 5) is 2.54. The largest absolute Gasteiger partial charge is 0.326 e. The molecule has 1 saturated heterocycles. The fourth-order valence-electron chi connectivity index (χ4n) is 2.90. The molecule has 1 heterocycles. The second kappa shape index (κ2) is 5.84. The zero-order valence-corrected chi connectivity index (χ0v) is 15.0. The number of hydrogen-bond donors (Lipinski definition) is 1. The van der Waals surface area contributed by atoms with Gasteiger partial charge in [0.15, 0.2) is 0 Å². The second-order valence-corrected chi connectivity index (χ2v) is 8.00. The van der Waals surface area contributed by atoms with Crippen molar-refractivity contribution in [3.8, 4) is 0 Å². The van der Waals surface area contributed by atoms with Crippen LogP contribution >= 0.6 is 31.9 Å². The van der Waals surface area contributed by atoms with Gasteiger partial charge in [0.2, 0.25) is 0 Å². The molecule has 106 valence electrons. The first-order chi connectivity index (χ1) is 8.80. The average molecular weight is 390 g/mol. The Morgan fingerprint density at radius 3 is 2.47 bits per heavy atom. The van der Waals surface area contributed by atoms with Crippen LogP contribution in [-0.2, 0) is 0 Å². The summed E-state index contributed by atoms with van der Waals surface area (Å²) in [6.07, 6.45) is 2.29. The van der Waals surface area contributed by atoms with Crippen LogP contribution in [0, 0.1) is 0 Å². The lowest BCUT2D eigenvalue weighted by molar-refractivity contribution is 0.0384. The molecule has 0 radical (unpaired) electrons. The van der Waals surface area contributed by atoms with Gasteiger partial charge in [-0.2, -0.15) is 0 Å². The van der Waals surface area contributed by atoms with Gasteiger partial charge in [-0.3, -0.25) is 4.90 Å². The van der Waals surface area contributed by atoms with Crippen molar-refractivity contribution < 1.29 is 0 Å². The Hall–Kier alpha value is 0.1000. The SMILES string of the molecule is CC(C)(C)N1CCCC(N)C1c1ccc(Br)c(Br)c1. The summed E-state index contributed by atoms with van der Waals surface area (Å²) in [6.45, 7) is 7.93. The van der Waals surface area contributed by atoms with Crippen molar-refractivity contribution in [2.75, 3.05) is 6.54 Å². The van der Waals surface area contributed by atoms with Gasteiger partial charge in [0.25, 0.3) is 0 Å². The molecular weight excluding hydrogens is 368 g/mol. The molecule has 2 atom stereocenters. The van der Waals surface area contributed by atoms with Crippen LogP contribution in [0.2, 0.25) is 0 Å². The number of benzene rings is 1. The molecule has 0 bridgehead atoms. The van der Waals surface area contributed by atoms with Gasteiger partial charge < -0.3 is 5.73 Å². The van der Waals surface area contributed by atoms with Crippen molar-refractivity contribution in [2.24, 2.45) is 5.73 Å². The average Bonchev–Trinajstić information content (AvgIpc) is 2.31. The summed E-state index contributed by atoms with van der Waals surface area (Å²) in [5.74, 6) is 0. The van der Waals surface area contributed by atoms with E-state index in [4.69, 9.17) is 5.73 Å². The predicted octanol–water partition coefficient (Wildman–Crippen LogP) is 4.47. The van der Waals surface area contributed by atoms with E-state index < -0.39 is 0 Å². The Bertz CT molecular complexity index is 454. The molecule has 2 N–H and O–H groups in total. The van der Waals surface area contributed by atoms with E-state index in [1.165, 1.54) is 12.0 Å². The minimum Gasteiger partial charge on any atom is -0.326 e. The number of likely N-dealkylation sites (tertiary alicyclic amines) is 1. The van der Waals surface area contributed by atoms with E-state index in [0.29, 0.717) is 6.04 Å². The van der Waals surface area contributed by atoms with Crippen molar-refractivity contribution in [1.82, 2.24) is 4.90 Å². The molecule has 4 heteroatoms. The summed E-state index contributed by atoms with van der Waals surface area (Å²) in [5.41, 5.74) is 7.86. The highest BCUT2D eigenvalue weighted by atomic mass is 79.9. The Labute approximate surface area is 133 Å². The molecule has 1 fully saturated rings. The highest BCUT2D eigenvalue weighted by molar-refractivity contribution is 9.13. The standard InChI is InChI=1S/C15H22Br2N2/c1-15(2,3)19-8-4-5-13(18)14(19)10-6-7-11(16)12(17)9-10/h6-7,9,13-14H,4-5,8,18H2,1-3H3. The molecule has 0 amide bonds. The molecule has 2 nitrogen and oxygen atoms in total. The Kier molecular flexibility index (Phi) is 4.76. The molecule has 1 aromatic carbocycles. The molecular formula is C15H22Br2N2. The fourth-order valence-corrected chi connectivity index (χ4v) is 3.54. The zero-order chi connectivity index (χ0) is 14.2. The highest BCUT2D eigenvalue weighted by Crippen LogP contribution is 2.37. The molecule has 0 aliphatic carbocycles. The molecule has 0 saturated carbocycles. The number of halogens is 2. The number of rotatable bonds is 1. The molecule has 0 spiro atoms. The maximum absolute atomic E-state index is 6.42. The van der Waals surface area contributed by atoms with E-state index in [-0.39, 0.29) is 11.6 Å². The monoisotopic (exact) mass is 388 g/mol. The molecule has 0 aromatic heterocycles.